The van der Waals surface area contributed by atoms with E-state index in [0.717, 1.165) is 18.9 Å². The number of thiocarbonyl (C=S) groups is 1. The third kappa shape index (κ3) is 4.45. The average Bonchev–Trinajstić information content (AvgIpc) is 2.78. The maximum Gasteiger partial charge on any atom is 0.232 e. The van der Waals surface area contributed by atoms with Crippen LogP contribution < -0.4 is 15.5 Å². The Balaban J connectivity index is 2.09. The zero-order chi connectivity index (χ0) is 14.8. The van der Waals surface area contributed by atoms with Crippen molar-refractivity contribution >= 4 is 40.7 Å². The van der Waals surface area contributed by atoms with Crippen LogP contribution in [0.4, 0.5) is 11.8 Å². The normalized spacial score (nSPS) is 15.3. The first-order chi connectivity index (χ1) is 9.33. The molecule has 110 valence electrons. The van der Waals surface area contributed by atoms with Crippen LogP contribution in [-0.4, -0.2) is 33.7 Å². The van der Waals surface area contributed by atoms with Crippen LogP contribution in [0.25, 0.3) is 0 Å². The minimum Gasteiger partial charge on any atom is -0.358 e. The molecule has 0 bridgehead atoms. The summed E-state index contributed by atoms with van der Waals surface area (Å²) in [7, 11) is 0. The first kappa shape index (κ1) is 15.3. The third-order valence-electron chi connectivity index (χ3n) is 2.83. The van der Waals surface area contributed by atoms with Gasteiger partial charge in [0.1, 0.15) is 11.0 Å². The van der Waals surface area contributed by atoms with E-state index in [-0.39, 0.29) is 5.54 Å². The highest BCUT2D eigenvalue weighted by molar-refractivity contribution is 7.80. The number of hydrogen-bond acceptors (Lipinski definition) is 4. The SMILES string of the molecule is CC(C)(C)NC(=S)Nc1nc(Cl)cc(N2CCCC2)n1. The van der Waals surface area contributed by atoms with Gasteiger partial charge >= 0.3 is 0 Å². The van der Waals surface area contributed by atoms with E-state index < -0.39 is 0 Å². The molecule has 1 aliphatic heterocycles. The molecule has 0 atom stereocenters. The highest BCUT2D eigenvalue weighted by Gasteiger charge is 2.17. The second kappa shape index (κ2) is 6.10. The van der Waals surface area contributed by atoms with E-state index in [2.05, 4.69) is 25.5 Å². The van der Waals surface area contributed by atoms with E-state index in [1.165, 1.54) is 12.8 Å². The summed E-state index contributed by atoms with van der Waals surface area (Å²) in [5.74, 6) is 1.28. The zero-order valence-electron chi connectivity index (χ0n) is 12.0. The van der Waals surface area contributed by atoms with Crippen LogP contribution in [-0.2, 0) is 0 Å². The number of anilines is 2. The monoisotopic (exact) mass is 313 g/mol. The Morgan fingerprint density at radius 2 is 1.95 bits per heavy atom. The lowest BCUT2D eigenvalue weighted by Crippen LogP contribution is -2.43. The minimum atomic E-state index is -0.111. The number of aromatic nitrogens is 2. The molecule has 0 spiro atoms. The van der Waals surface area contributed by atoms with E-state index in [1.807, 2.05) is 20.8 Å². The molecule has 2 rings (SSSR count). The molecule has 1 saturated heterocycles. The van der Waals surface area contributed by atoms with Gasteiger partial charge in [-0.1, -0.05) is 11.6 Å². The lowest BCUT2D eigenvalue weighted by atomic mass is 10.1. The maximum absolute atomic E-state index is 6.06. The number of halogens is 1. The molecule has 0 aliphatic carbocycles. The molecule has 2 N–H and O–H groups in total. The van der Waals surface area contributed by atoms with Crippen LogP contribution in [0.2, 0.25) is 5.15 Å². The summed E-state index contributed by atoms with van der Waals surface area (Å²) in [6, 6.07) is 1.79. The van der Waals surface area contributed by atoms with Crippen molar-refractivity contribution in [3.63, 3.8) is 0 Å². The Morgan fingerprint density at radius 3 is 2.55 bits per heavy atom. The van der Waals surface area contributed by atoms with E-state index >= 15 is 0 Å². The van der Waals surface area contributed by atoms with Gasteiger partial charge < -0.3 is 15.5 Å². The predicted molar refractivity (Wildman–Crippen MR) is 87.6 cm³/mol. The first-order valence-electron chi connectivity index (χ1n) is 6.72. The summed E-state index contributed by atoms with van der Waals surface area (Å²) < 4.78 is 0. The molecular weight excluding hydrogens is 294 g/mol. The summed E-state index contributed by atoms with van der Waals surface area (Å²) in [4.78, 5) is 10.8. The van der Waals surface area contributed by atoms with Crippen LogP contribution in [0.1, 0.15) is 33.6 Å². The van der Waals surface area contributed by atoms with Crippen molar-refractivity contribution in [3.05, 3.63) is 11.2 Å². The molecule has 20 heavy (non-hydrogen) atoms. The summed E-state index contributed by atoms with van der Waals surface area (Å²) in [6.45, 7) is 8.13. The summed E-state index contributed by atoms with van der Waals surface area (Å²) in [6.07, 6.45) is 2.38. The van der Waals surface area contributed by atoms with Gasteiger partial charge in [-0.25, -0.2) is 4.98 Å². The first-order valence-corrected chi connectivity index (χ1v) is 7.51. The Bertz CT molecular complexity index is 494. The molecular formula is C13H20ClN5S. The van der Waals surface area contributed by atoms with Crippen LogP contribution >= 0.6 is 23.8 Å². The van der Waals surface area contributed by atoms with Gasteiger partial charge in [-0.3, -0.25) is 0 Å². The molecule has 0 unspecified atom stereocenters. The average molecular weight is 314 g/mol. The minimum absolute atomic E-state index is 0.111. The van der Waals surface area contributed by atoms with E-state index in [0.29, 0.717) is 16.2 Å². The fourth-order valence-corrected chi connectivity index (χ4v) is 2.62. The van der Waals surface area contributed by atoms with Gasteiger partial charge in [0.2, 0.25) is 5.95 Å². The molecule has 1 fully saturated rings. The van der Waals surface area contributed by atoms with Crippen molar-refractivity contribution in [2.45, 2.75) is 39.2 Å². The lowest BCUT2D eigenvalue weighted by molar-refractivity contribution is 0.514. The van der Waals surface area contributed by atoms with Crippen molar-refractivity contribution in [1.29, 1.82) is 0 Å². The smallest absolute Gasteiger partial charge is 0.232 e. The van der Waals surface area contributed by atoms with Gasteiger partial charge in [0.15, 0.2) is 5.11 Å². The van der Waals surface area contributed by atoms with Gasteiger partial charge in [-0.05, 0) is 45.8 Å². The molecule has 0 aromatic carbocycles. The Labute approximate surface area is 130 Å². The highest BCUT2D eigenvalue weighted by atomic mass is 35.5. The summed E-state index contributed by atoms with van der Waals surface area (Å²) in [5, 5.41) is 7.06. The highest BCUT2D eigenvalue weighted by Crippen LogP contribution is 2.22. The van der Waals surface area contributed by atoms with Gasteiger partial charge in [-0.15, -0.1) is 0 Å². The van der Waals surface area contributed by atoms with Crippen molar-refractivity contribution < 1.29 is 0 Å². The summed E-state index contributed by atoms with van der Waals surface area (Å²) >= 11 is 11.3. The Morgan fingerprint density at radius 1 is 1.30 bits per heavy atom. The molecule has 1 aliphatic rings. The number of hydrogen-bond donors (Lipinski definition) is 2. The second-order valence-corrected chi connectivity index (χ2v) is 6.69. The molecule has 1 aromatic heterocycles. The fourth-order valence-electron chi connectivity index (χ4n) is 2.04. The largest absolute Gasteiger partial charge is 0.358 e. The molecule has 0 radical (unpaired) electrons. The zero-order valence-corrected chi connectivity index (χ0v) is 13.6. The Hall–Kier alpha value is -1.14. The standard InChI is InChI=1S/C13H20ClN5S/c1-13(2,3)18-12(20)17-11-15-9(14)8-10(16-11)19-6-4-5-7-19/h8H,4-7H2,1-3H3,(H2,15,16,17,18,20). The van der Waals surface area contributed by atoms with Crippen molar-refractivity contribution in [3.8, 4) is 0 Å². The van der Waals surface area contributed by atoms with Crippen molar-refractivity contribution in [1.82, 2.24) is 15.3 Å². The lowest BCUT2D eigenvalue weighted by Gasteiger charge is -2.23. The van der Waals surface area contributed by atoms with Gasteiger partial charge in [0, 0.05) is 24.7 Å². The molecule has 7 heteroatoms. The topological polar surface area (TPSA) is 53.1 Å². The quantitative estimate of drug-likeness (QED) is 0.647. The summed E-state index contributed by atoms with van der Waals surface area (Å²) in [5.41, 5.74) is -0.111. The maximum atomic E-state index is 6.06. The number of nitrogens with one attached hydrogen (secondary N) is 2. The van der Waals surface area contributed by atoms with Crippen molar-refractivity contribution in [2.75, 3.05) is 23.3 Å². The predicted octanol–water partition coefficient (Wildman–Crippen LogP) is 2.82. The van der Waals surface area contributed by atoms with Gasteiger partial charge in [0.05, 0.1) is 0 Å². The fraction of sp³-hybridized carbons (Fsp3) is 0.615. The van der Waals surface area contributed by atoms with Crippen molar-refractivity contribution in [2.24, 2.45) is 0 Å². The Kier molecular flexibility index (Phi) is 4.65. The second-order valence-electron chi connectivity index (χ2n) is 5.90. The van der Waals surface area contributed by atoms with E-state index in [1.54, 1.807) is 6.07 Å². The van der Waals surface area contributed by atoms with E-state index in [4.69, 9.17) is 23.8 Å². The van der Waals surface area contributed by atoms with Crippen LogP contribution in [0.5, 0.6) is 0 Å². The molecule has 0 saturated carbocycles. The van der Waals surface area contributed by atoms with Crippen LogP contribution in [0.15, 0.2) is 6.07 Å². The number of nitrogens with zero attached hydrogens (tertiary/aromatic N) is 3. The molecule has 2 heterocycles. The number of rotatable bonds is 2. The van der Waals surface area contributed by atoms with Gasteiger partial charge in [-0.2, -0.15) is 4.98 Å². The molecule has 0 amide bonds. The molecule has 1 aromatic rings. The van der Waals surface area contributed by atoms with Gasteiger partial charge in [0.25, 0.3) is 0 Å². The van der Waals surface area contributed by atoms with Crippen LogP contribution in [0, 0.1) is 0 Å². The third-order valence-corrected chi connectivity index (χ3v) is 3.22. The van der Waals surface area contributed by atoms with Crippen LogP contribution in [0.3, 0.4) is 0 Å². The molecule has 5 nitrogen and oxygen atoms in total. The van der Waals surface area contributed by atoms with E-state index in [9.17, 15) is 0 Å².